The molecule has 2 aromatic carbocycles. The van der Waals surface area contributed by atoms with Crippen LogP contribution >= 0.6 is 7.60 Å². The van der Waals surface area contributed by atoms with Crippen molar-refractivity contribution >= 4 is 13.3 Å². The molecule has 0 heterocycles. The van der Waals surface area contributed by atoms with Gasteiger partial charge >= 0.3 is 7.60 Å². The lowest BCUT2D eigenvalue weighted by molar-refractivity contribution is 0.142. The first-order valence-corrected chi connectivity index (χ1v) is 14.9. The van der Waals surface area contributed by atoms with Gasteiger partial charge in [-0.05, 0) is 69.1 Å². The lowest BCUT2D eigenvalue weighted by Gasteiger charge is -2.34. The van der Waals surface area contributed by atoms with Gasteiger partial charge in [0.1, 0.15) is 12.0 Å². The van der Waals surface area contributed by atoms with E-state index in [4.69, 9.17) is 9.05 Å². The van der Waals surface area contributed by atoms with Crippen LogP contribution in [0.25, 0.3) is 0 Å². The summed E-state index contributed by atoms with van der Waals surface area (Å²) >= 11 is 0. The third kappa shape index (κ3) is 8.94. The maximum absolute atomic E-state index is 13.9. The van der Waals surface area contributed by atoms with E-state index >= 15 is 0 Å². The number of phenols is 1. The van der Waals surface area contributed by atoms with E-state index in [1.807, 2.05) is 45.9 Å². The Morgan fingerprint density at radius 1 is 0.861 bits per heavy atom. The second kappa shape index (κ2) is 12.2. The number of nitrogens with zero attached hydrogens (tertiary/aromatic N) is 1. The molecule has 1 N–H and O–H groups in total. The number of rotatable bonds is 11. The molecule has 0 aliphatic carbocycles. The summed E-state index contributed by atoms with van der Waals surface area (Å²) in [5.74, 6) is 0.336. The third-order valence-electron chi connectivity index (χ3n) is 5.90. The van der Waals surface area contributed by atoms with Crippen LogP contribution in [-0.2, 0) is 30.9 Å². The predicted molar refractivity (Wildman–Crippen MR) is 153 cm³/mol. The molecule has 0 spiro atoms. The molecule has 5 nitrogen and oxygen atoms in total. The molecule has 2 aromatic rings. The first kappa shape index (κ1) is 30.4. The molecule has 0 amide bonds. The SMILES string of the molecule is CC(C)OP(=O)(CN(CCCc1ccccc1)c1cc(C(C)(C)C)c(O)c(C(C)(C)C)c1)OC(C)C. The maximum atomic E-state index is 13.9. The molecule has 0 saturated carbocycles. The van der Waals surface area contributed by atoms with Gasteiger partial charge in [-0.2, -0.15) is 0 Å². The van der Waals surface area contributed by atoms with E-state index in [0.29, 0.717) is 12.3 Å². The van der Waals surface area contributed by atoms with Gasteiger partial charge in [0.25, 0.3) is 0 Å². The fourth-order valence-corrected chi connectivity index (χ4v) is 6.48. The number of aromatic hydroxyl groups is 1. The van der Waals surface area contributed by atoms with Gasteiger partial charge in [0, 0.05) is 23.4 Å². The van der Waals surface area contributed by atoms with Gasteiger partial charge in [0.05, 0.1) is 12.2 Å². The third-order valence-corrected chi connectivity index (χ3v) is 8.07. The summed E-state index contributed by atoms with van der Waals surface area (Å²) < 4.78 is 25.8. The molecule has 0 unspecified atom stereocenters. The molecule has 6 heteroatoms. The lowest BCUT2D eigenvalue weighted by Crippen LogP contribution is -2.29. The van der Waals surface area contributed by atoms with Crippen LogP contribution in [0.15, 0.2) is 42.5 Å². The number of hydrogen-bond donors (Lipinski definition) is 1. The zero-order valence-corrected chi connectivity index (χ0v) is 25.0. The highest BCUT2D eigenvalue weighted by atomic mass is 31.2. The van der Waals surface area contributed by atoms with E-state index in [9.17, 15) is 9.67 Å². The highest BCUT2D eigenvalue weighted by Crippen LogP contribution is 2.52. The minimum absolute atomic E-state index is 0.149. The van der Waals surface area contributed by atoms with Crippen molar-refractivity contribution in [1.29, 1.82) is 0 Å². The van der Waals surface area contributed by atoms with Crippen LogP contribution in [0.2, 0.25) is 0 Å². The molecule has 202 valence electrons. The lowest BCUT2D eigenvalue weighted by atomic mass is 9.79. The van der Waals surface area contributed by atoms with E-state index in [-0.39, 0.29) is 29.3 Å². The van der Waals surface area contributed by atoms with Gasteiger partial charge in [0.15, 0.2) is 0 Å². The van der Waals surface area contributed by atoms with Crippen LogP contribution in [-0.4, -0.2) is 30.1 Å². The fourth-order valence-electron chi connectivity index (χ4n) is 4.29. The van der Waals surface area contributed by atoms with Crippen LogP contribution in [0.5, 0.6) is 5.75 Å². The van der Waals surface area contributed by atoms with Gasteiger partial charge in [-0.1, -0.05) is 71.9 Å². The van der Waals surface area contributed by atoms with Crippen LogP contribution in [0.3, 0.4) is 0 Å². The number of aryl methyl sites for hydroxylation is 1. The molecule has 0 saturated heterocycles. The first-order chi connectivity index (χ1) is 16.5. The second-order valence-corrected chi connectivity index (χ2v) is 14.2. The second-order valence-electron chi connectivity index (χ2n) is 12.3. The van der Waals surface area contributed by atoms with Gasteiger partial charge in [-0.3, -0.25) is 4.57 Å². The van der Waals surface area contributed by atoms with Crippen molar-refractivity contribution < 1.29 is 18.7 Å². The Hall–Kier alpha value is -1.81. The Kier molecular flexibility index (Phi) is 10.3. The van der Waals surface area contributed by atoms with Crippen molar-refractivity contribution in [3.63, 3.8) is 0 Å². The van der Waals surface area contributed by atoms with Crippen molar-refractivity contribution in [1.82, 2.24) is 0 Å². The van der Waals surface area contributed by atoms with E-state index in [0.717, 1.165) is 29.7 Å². The van der Waals surface area contributed by atoms with E-state index in [1.54, 1.807) is 0 Å². The Morgan fingerprint density at radius 3 is 1.75 bits per heavy atom. The molecular weight excluding hydrogens is 469 g/mol. The Labute approximate surface area is 219 Å². The molecule has 0 fully saturated rings. The van der Waals surface area contributed by atoms with E-state index < -0.39 is 7.60 Å². The van der Waals surface area contributed by atoms with Crippen molar-refractivity contribution in [2.75, 3.05) is 17.7 Å². The van der Waals surface area contributed by atoms with Crippen LogP contribution in [0, 0.1) is 0 Å². The number of anilines is 1. The van der Waals surface area contributed by atoms with Gasteiger partial charge in [0.2, 0.25) is 0 Å². The van der Waals surface area contributed by atoms with Crippen LogP contribution in [0.4, 0.5) is 5.69 Å². The first-order valence-electron chi connectivity index (χ1n) is 13.1. The van der Waals surface area contributed by atoms with E-state index in [2.05, 4.69) is 70.7 Å². The van der Waals surface area contributed by atoms with Gasteiger partial charge in [-0.25, -0.2) is 0 Å². The van der Waals surface area contributed by atoms with Crippen LogP contribution in [0.1, 0.15) is 92.3 Å². The molecule has 0 radical (unpaired) electrons. The Bertz CT molecular complexity index is 970. The smallest absolute Gasteiger partial charge is 0.350 e. The summed E-state index contributed by atoms with van der Waals surface area (Å²) in [5, 5.41) is 11.2. The van der Waals surface area contributed by atoms with Crippen molar-refractivity contribution in [2.45, 2.75) is 105 Å². The molecule has 0 aliphatic rings. The maximum Gasteiger partial charge on any atom is 0.350 e. The minimum atomic E-state index is -3.43. The van der Waals surface area contributed by atoms with Gasteiger partial charge < -0.3 is 19.1 Å². The zero-order valence-electron chi connectivity index (χ0n) is 24.1. The predicted octanol–water partition coefficient (Wildman–Crippen LogP) is 8.43. The summed E-state index contributed by atoms with van der Waals surface area (Å²) in [7, 11) is -3.43. The molecule has 36 heavy (non-hydrogen) atoms. The topological polar surface area (TPSA) is 59.0 Å². The van der Waals surface area contributed by atoms with Crippen molar-refractivity contribution in [2.24, 2.45) is 0 Å². The summed E-state index contributed by atoms with van der Waals surface area (Å²) in [5.41, 5.74) is 3.43. The Morgan fingerprint density at radius 2 is 1.33 bits per heavy atom. The number of hydrogen-bond acceptors (Lipinski definition) is 5. The molecular formula is C30H48NO4P. The highest BCUT2D eigenvalue weighted by Gasteiger charge is 2.33. The zero-order chi connectivity index (χ0) is 27.3. The molecule has 0 aliphatic heterocycles. The Balaban J connectivity index is 2.56. The standard InChI is InChI=1S/C30H48NO4P/c1-22(2)34-36(33,35-23(3)4)21-31(18-14-17-24-15-12-11-13-16-24)25-19-26(29(5,6)7)28(32)27(20-25)30(8,9)10/h11-13,15-16,19-20,22-23,32H,14,17-18,21H2,1-10H3. The number of benzene rings is 2. The quantitative estimate of drug-likeness (QED) is 0.303. The summed E-state index contributed by atoms with van der Waals surface area (Å²) in [6, 6.07) is 14.5. The van der Waals surface area contributed by atoms with Crippen molar-refractivity contribution in [3.8, 4) is 5.75 Å². The summed E-state index contributed by atoms with van der Waals surface area (Å²) in [6.07, 6.45) is 1.49. The summed E-state index contributed by atoms with van der Waals surface area (Å²) in [4.78, 5) is 2.12. The molecule has 2 rings (SSSR count). The average molecular weight is 518 g/mol. The summed E-state index contributed by atoms with van der Waals surface area (Å²) in [6.45, 7) is 20.8. The number of phenolic OH excluding ortho intramolecular Hbond substituents is 1. The minimum Gasteiger partial charge on any atom is -0.507 e. The molecule has 0 bridgehead atoms. The monoisotopic (exact) mass is 517 g/mol. The van der Waals surface area contributed by atoms with Crippen molar-refractivity contribution in [3.05, 3.63) is 59.2 Å². The van der Waals surface area contributed by atoms with E-state index in [1.165, 1.54) is 5.56 Å². The molecule has 0 aromatic heterocycles. The highest BCUT2D eigenvalue weighted by molar-refractivity contribution is 7.54. The normalized spacial score (nSPS) is 13.0. The largest absolute Gasteiger partial charge is 0.507 e. The average Bonchev–Trinajstić information content (AvgIpc) is 2.71. The van der Waals surface area contributed by atoms with Gasteiger partial charge in [-0.15, -0.1) is 0 Å². The van der Waals surface area contributed by atoms with Crippen LogP contribution < -0.4 is 4.90 Å². The fraction of sp³-hybridized carbons (Fsp3) is 0.600. The molecule has 0 atom stereocenters.